The highest BCUT2D eigenvalue weighted by atomic mass is 16.5. The van der Waals surface area contributed by atoms with Gasteiger partial charge in [0, 0.05) is 0 Å². The molecule has 1 amide bonds. The van der Waals surface area contributed by atoms with Crippen molar-refractivity contribution in [3.05, 3.63) is 34.9 Å². The first-order chi connectivity index (χ1) is 8.86. The third kappa shape index (κ3) is 4.58. The minimum Gasteiger partial charge on any atom is -0.450 e. The highest BCUT2D eigenvalue weighted by Gasteiger charge is 2.26. The lowest BCUT2D eigenvalue weighted by Gasteiger charge is -2.32. The number of nitrogens with two attached hydrogens (primary N) is 1. The minimum atomic E-state index is -0.711. The van der Waals surface area contributed by atoms with Crippen LogP contribution < -0.4 is 5.73 Å². The van der Waals surface area contributed by atoms with Gasteiger partial charge in [0.1, 0.15) is 0 Å². The van der Waals surface area contributed by atoms with Crippen molar-refractivity contribution in [2.75, 3.05) is 6.61 Å². The maximum atomic E-state index is 9.60. The normalized spacial score (nSPS) is 15.8. The largest absolute Gasteiger partial charge is 0.450 e. The zero-order valence-corrected chi connectivity index (χ0v) is 12.5. The molecular formula is C16H25NO2. The van der Waals surface area contributed by atoms with E-state index in [1.165, 1.54) is 24.8 Å². The van der Waals surface area contributed by atoms with Crippen LogP contribution >= 0.6 is 0 Å². The van der Waals surface area contributed by atoms with Gasteiger partial charge in [0.2, 0.25) is 0 Å². The zero-order valence-electron chi connectivity index (χ0n) is 12.5. The molecule has 106 valence electrons. The predicted molar refractivity (Wildman–Crippen MR) is 78.4 cm³/mol. The Hall–Kier alpha value is -1.51. The molecule has 1 aromatic carbocycles. The number of rotatable bonds is 1. The van der Waals surface area contributed by atoms with Crippen LogP contribution in [0.4, 0.5) is 4.79 Å². The number of carbonyl (C=O) groups is 1. The van der Waals surface area contributed by atoms with Crippen molar-refractivity contribution in [1.82, 2.24) is 0 Å². The summed E-state index contributed by atoms with van der Waals surface area (Å²) < 4.78 is 4.18. The quantitative estimate of drug-likeness (QED) is 0.839. The SMILES string of the molecule is CCOC(N)=O.Cc1ccc2c(c1)CCCC2(C)C. The fourth-order valence-electron chi connectivity index (χ4n) is 2.59. The number of fused-ring (bicyclic) bond motifs is 1. The third-order valence-corrected chi connectivity index (χ3v) is 3.52. The molecule has 0 spiro atoms. The number of amides is 1. The van der Waals surface area contributed by atoms with E-state index < -0.39 is 6.09 Å². The monoisotopic (exact) mass is 263 g/mol. The van der Waals surface area contributed by atoms with E-state index in [9.17, 15) is 4.79 Å². The van der Waals surface area contributed by atoms with Crippen LogP contribution in [0, 0.1) is 6.92 Å². The summed E-state index contributed by atoms with van der Waals surface area (Å²) >= 11 is 0. The molecule has 3 heteroatoms. The van der Waals surface area contributed by atoms with Gasteiger partial charge in [-0.2, -0.15) is 0 Å². The van der Waals surface area contributed by atoms with Gasteiger partial charge in [-0.25, -0.2) is 4.79 Å². The summed E-state index contributed by atoms with van der Waals surface area (Å²) in [6, 6.07) is 6.92. The summed E-state index contributed by atoms with van der Waals surface area (Å²) in [6.07, 6.45) is 3.25. The standard InChI is InChI=1S/C13H18.C3H7NO2/c1-10-6-7-12-11(9-10)5-4-8-13(12,2)3;1-2-6-3(4)5/h6-7,9H,4-5,8H2,1-3H3;2H2,1H3,(H2,4,5). The highest BCUT2D eigenvalue weighted by molar-refractivity contribution is 5.64. The molecule has 0 aromatic heterocycles. The number of hydrogen-bond acceptors (Lipinski definition) is 2. The van der Waals surface area contributed by atoms with Gasteiger partial charge < -0.3 is 10.5 Å². The second kappa shape index (κ2) is 6.60. The molecule has 19 heavy (non-hydrogen) atoms. The van der Waals surface area contributed by atoms with Crippen molar-refractivity contribution in [3.8, 4) is 0 Å². The topological polar surface area (TPSA) is 52.3 Å². The van der Waals surface area contributed by atoms with E-state index in [-0.39, 0.29) is 0 Å². The Morgan fingerprint density at radius 2 is 2.11 bits per heavy atom. The molecule has 0 bridgehead atoms. The molecule has 1 aliphatic carbocycles. The second-order valence-electron chi connectivity index (χ2n) is 5.65. The van der Waals surface area contributed by atoms with Gasteiger partial charge in [-0.1, -0.05) is 37.6 Å². The lowest BCUT2D eigenvalue weighted by atomic mass is 9.72. The summed E-state index contributed by atoms with van der Waals surface area (Å²) in [7, 11) is 0. The van der Waals surface area contributed by atoms with E-state index in [4.69, 9.17) is 0 Å². The summed E-state index contributed by atoms with van der Waals surface area (Å²) in [5.41, 5.74) is 9.50. The zero-order chi connectivity index (χ0) is 14.5. The molecule has 0 saturated heterocycles. The average Bonchev–Trinajstić information content (AvgIpc) is 2.28. The van der Waals surface area contributed by atoms with E-state index in [1.54, 1.807) is 18.1 Å². The van der Waals surface area contributed by atoms with E-state index in [2.05, 4.69) is 49.4 Å². The Morgan fingerprint density at radius 3 is 2.63 bits per heavy atom. The van der Waals surface area contributed by atoms with Gasteiger partial charge in [-0.15, -0.1) is 0 Å². The Kier molecular flexibility index (Phi) is 5.40. The Balaban J connectivity index is 0.000000258. The molecule has 1 aliphatic rings. The average molecular weight is 263 g/mol. The summed E-state index contributed by atoms with van der Waals surface area (Å²) in [6.45, 7) is 8.96. The lowest BCUT2D eigenvalue weighted by Crippen LogP contribution is -2.23. The molecule has 2 rings (SSSR count). The summed E-state index contributed by atoms with van der Waals surface area (Å²) in [5, 5.41) is 0. The predicted octanol–water partition coefficient (Wildman–Crippen LogP) is 3.71. The van der Waals surface area contributed by atoms with Crippen LogP contribution in [0.1, 0.15) is 50.3 Å². The van der Waals surface area contributed by atoms with Crippen molar-refractivity contribution in [3.63, 3.8) is 0 Å². The molecule has 0 heterocycles. The number of ether oxygens (including phenoxy) is 1. The van der Waals surface area contributed by atoms with Crippen molar-refractivity contribution < 1.29 is 9.53 Å². The van der Waals surface area contributed by atoms with E-state index in [0.29, 0.717) is 12.0 Å². The number of aryl methyl sites for hydroxylation is 2. The molecular weight excluding hydrogens is 238 g/mol. The van der Waals surface area contributed by atoms with Gasteiger partial charge >= 0.3 is 6.09 Å². The van der Waals surface area contributed by atoms with E-state index >= 15 is 0 Å². The van der Waals surface area contributed by atoms with Crippen molar-refractivity contribution in [1.29, 1.82) is 0 Å². The first-order valence-corrected chi connectivity index (χ1v) is 6.89. The molecule has 0 atom stereocenters. The summed E-state index contributed by atoms with van der Waals surface area (Å²) in [5.74, 6) is 0. The molecule has 1 aromatic rings. The minimum absolute atomic E-state index is 0.356. The molecule has 0 unspecified atom stereocenters. The van der Waals surface area contributed by atoms with Crippen LogP contribution in [0.15, 0.2) is 18.2 Å². The highest BCUT2D eigenvalue weighted by Crippen LogP contribution is 2.36. The van der Waals surface area contributed by atoms with Crippen molar-refractivity contribution in [2.45, 2.75) is 52.4 Å². The maximum Gasteiger partial charge on any atom is 0.404 e. The van der Waals surface area contributed by atoms with Crippen LogP contribution in [0.3, 0.4) is 0 Å². The first-order valence-electron chi connectivity index (χ1n) is 6.89. The third-order valence-electron chi connectivity index (χ3n) is 3.52. The van der Waals surface area contributed by atoms with Crippen LogP contribution in [0.2, 0.25) is 0 Å². The Bertz CT molecular complexity index is 438. The van der Waals surface area contributed by atoms with Gasteiger partial charge in [0.05, 0.1) is 6.61 Å². The number of hydrogen-bond donors (Lipinski definition) is 1. The number of primary amides is 1. The van der Waals surface area contributed by atoms with Crippen LogP contribution in [-0.2, 0) is 16.6 Å². The molecule has 2 N–H and O–H groups in total. The van der Waals surface area contributed by atoms with Crippen LogP contribution in [0.5, 0.6) is 0 Å². The van der Waals surface area contributed by atoms with Crippen molar-refractivity contribution >= 4 is 6.09 Å². The fraction of sp³-hybridized carbons (Fsp3) is 0.562. The fourth-order valence-corrected chi connectivity index (χ4v) is 2.59. The summed E-state index contributed by atoms with van der Waals surface area (Å²) in [4.78, 5) is 9.60. The van der Waals surface area contributed by atoms with Crippen LogP contribution in [0.25, 0.3) is 0 Å². The molecule has 0 fully saturated rings. The molecule has 0 aliphatic heterocycles. The number of benzene rings is 1. The Morgan fingerprint density at radius 1 is 1.42 bits per heavy atom. The van der Waals surface area contributed by atoms with Gasteiger partial charge in [-0.3, -0.25) is 0 Å². The molecule has 0 radical (unpaired) electrons. The van der Waals surface area contributed by atoms with Crippen LogP contribution in [-0.4, -0.2) is 12.7 Å². The smallest absolute Gasteiger partial charge is 0.404 e. The second-order valence-corrected chi connectivity index (χ2v) is 5.65. The first kappa shape index (κ1) is 15.5. The lowest BCUT2D eigenvalue weighted by molar-refractivity contribution is 0.163. The van der Waals surface area contributed by atoms with Gasteiger partial charge in [0.15, 0.2) is 0 Å². The van der Waals surface area contributed by atoms with Crippen molar-refractivity contribution in [2.24, 2.45) is 5.73 Å². The van der Waals surface area contributed by atoms with E-state index in [1.807, 2.05) is 0 Å². The number of carbonyl (C=O) groups excluding carboxylic acids is 1. The van der Waals surface area contributed by atoms with Gasteiger partial charge in [0.25, 0.3) is 0 Å². The van der Waals surface area contributed by atoms with Gasteiger partial charge in [-0.05, 0) is 49.7 Å². The molecule has 0 saturated carbocycles. The Labute approximate surface area is 116 Å². The van der Waals surface area contributed by atoms with E-state index in [0.717, 1.165) is 0 Å². The molecule has 3 nitrogen and oxygen atoms in total. The maximum absolute atomic E-state index is 9.60.